The van der Waals surface area contributed by atoms with Crippen LogP contribution < -0.4 is 16.1 Å². The summed E-state index contributed by atoms with van der Waals surface area (Å²) in [6.07, 6.45) is 3.44. The van der Waals surface area contributed by atoms with E-state index in [1.54, 1.807) is 9.47 Å². The van der Waals surface area contributed by atoms with Crippen LogP contribution in [-0.2, 0) is 0 Å². The third-order valence-corrected chi connectivity index (χ3v) is 5.29. The number of aromatic carboxylic acids is 1. The van der Waals surface area contributed by atoms with Crippen molar-refractivity contribution in [2.24, 2.45) is 5.73 Å². The van der Waals surface area contributed by atoms with Gasteiger partial charge in [0, 0.05) is 37.4 Å². The fourth-order valence-corrected chi connectivity index (χ4v) is 3.85. The van der Waals surface area contributed by atoms with Crippen molar-refractivity contribution in [3.8, 4) is 6.07 Å². The Morgan fingerprint density at radius 2 is 2.11 bits per heavy atom. The Kier molecular flexibility index (Phi) is 4.05. The molecule has 2 aliphatic rings. The van der Waals surface area contributed by atoms with Gasteiger partial charge < -0.3 is 20.3 Å². The minimum absolute atomic E-state index is 0.0132. The highest BCUT2D eigenvalue weighted by molar-refractivity contribution is 5.99. The molecule has 1 saturated heterocycles. The molecule has 1 aromatic carbocycles. The summed E-state index contributed by atoms with van der Waals surface area (Å²) in [6, 6.07) is 2.93. The number of nitro benzene ring substituents is 1. The van der Waals surface area contributed by atoms with Crippen molar-refractivity contribution in [1.29, 1.82) is 5.26 Å². The normalized spacial score (nSPS) is 19.0. The smallest absolute Gasteiger partial charge is 0.341 e. The van der Waals surface area contributed by atoms with Crippen LogP contribution in [0.25, 0.3) is 10.9 Å². The van der Waals surface area contributed by atoms with E-state index in [4.69, 9.17) is 5.73 Å². The van der Waals surface area contributed by atoms with E-state index in [9.17, 15) is 30.1 Å². The lowest BCUT2D eigenvalue weighted by Crippen LogP contribution is -2.28. The van der Waals surface area contributed by atoms with E-state index in [1.165, 1.54) is 6.20 Å². The van der Waals surface area contributed by atoms with E-state index < -0.39 is 21.9 Å². The van der Waals surface area contributed by atoms with E-state index in [0.717, 1.165) is 18.9 Å². The number of benzene rings is 1. The third-order valence-electron chi connectivity index (χ3n) is 5.29. The second-order valence-electron chi connectivity index (χ2n) is 7.19. The Labute approximate surface area is 158 Å². The molecule has 1 aromatic heterocycles. The molecule has 3 N–H and O–H groups in total. The molecule has 1 unspecified atom stereocenters. The van der Waals surface area contributed by atoms with Gasteiger partial charge in [-0.05, 0) is 19.3 Å². The molecule has 0 radical (unpaired) electrons. The lowest BCUT2D eigenvalue weighted by Gasteiger charge is -2.22. The first-order valence-electron chi connectivity index (χ1n) is 8.87. The summed E-state index contributed by atoms with van der Waals surface area (Å²) in [7, 11) is 0. The van der Waals surface area contributed by atoms with Crippen LogP contribution in [0, 0.1) is 21.4 Å². The molecular formula is C18H17N5O5. The molecule has 0 amide bonds. The van der Waals surface area contributed by atoms with Gasteiger partial charge >= 0.3 is 5.97 Å². The average molecular weight is 383 g/mol. The second kappa shape index (κ2) is 6.31. The molecule has 0 bridgehead atoms. The SMILES string of the molecule is N#Cc1c(N2CCC(N)C2)c([N+](=O)[O-])cc2c(=O)c(C(=O)O)cn(C3CC3)c12. The quantitative estimate of drug-likeness (QED) is 0.592. The monoisotopic (exact) mass is 383 g/mol. The Bertz CT molecular complexity index is 1130. The largest absolute Gasteiger partial charge is 0.477 e. The molecule has 1 aliphatic heterocycles. The zero-order valence-corrected chi connectivity index (χ0v) is 14.8. The summed E-state index contributed by atoms with van der Waals surface area (Å²) in [5.41, 5.74) is 4.67. The zero-order chi connectivity index (χ0) is 20.2. The molecule has 10 heteroatoms. The number of pyridine rings is 1. The molecule has 0 spiro atoms. The van der Waals surface area contributed by atoms with Gasteiger partial charge in [0.15, 0.2) is 0 Å². The highest BCUT2D eigenvalue weighted by Gasteiger charge is 2.34. The topological polar surface area (TPSA) is 155 Å². The van der Waals surface area contributed by atoms with Crippen LogP contribution in [0.5, 0.6) is 0 Å². The minimum Gasteiger partial charge on any atom is -0.477 e. The van der Waals surface area contributed by atoms with Gasteiger partial charge in [-0.25, -0.2) is 4.79 Å². The molecule has 2 heterocycles. The average Bonchev–Trinajstić information content (AvgIpc) is 3.40. The molecule has 144 valence electrons. The van der Waals surface area contributed by atoms with Gasteiger partial charge in [0.05, 0.1) is 15.8 Å². The van der Waals surface area contributed by atoms with Crippen molar-refractivity contribution in [3.05, 3.63) is 43.7 Å². The number of nitriles is 1. The van der Waals surface area contributed by atoms with E-state index in [2.05, 4.69) is 0 Å². The first kappa shape index (κ1) is 17.9. The number of carbonyl (C=O) groups is 1. The summed E-state index contributed by atoms with van der Waals surface area (Å²) < 4.78 is 1.61. The van der Waals surface area contributed by atoms with E-state index >= 15 is 0 Å². The number of nitrogens with zero attached hydrogens (tertiary/aromatic N) is 4. The second-order valence-corrected chi connectivity index (χ2v) is 7.19. The number of nitrogens with two attached hydrogens (primary N) is 1. The van der Waals surface area contributed by atoms with E-state index in [1.807, 2.05) is 6.07 Å². The first-order chi connectivity index (χ1) is 13.3. The van der Waals surface area contributed by atoms with E-state index in [-0.39, 0.29) is 39.9 Å². The van der Waals surface area contributed by atoms with Crippen LogP contribution in [0.3, 0.4) is 0 Å². The van der Waals surface area contributed by atoms with Crippen LogP contribution in [0.4, 0.5) is 11.4 Å². The van der Waals surface area contributed by atoms with Crippen LogP contribution in [0.2, 0.25) is 0 Å². The van der Waals surface area contributed by atoms with Gasteiger partial charge in [0.1, 0.15) is 22.9 Å². The summed E-state index contributed by atoms with van der Waals surface area (Å²) >= 11 is 0. The summed E-state index contributed by atoms with van der Waals surface area (Å²) in [5.74, 6) is -1.41. The Morgan fingerprint density at radius 3 is 2.61 bits per heavy atom. The molecule has 28 heavy (non-hydrogen) atoms. The Hall–Kier alpha value is -3.45. The number of aromatic nitrogens is 1. The maximum atomic E-state index is 12.7. The minimum atomic E-state index is -1.41. The van der Waals surface area contributed by atoms with Gasteiger partial charge in [0.2, 0.25) is 5.43 Å². The number of nitro groups is 1. The van der Waals surface area contributed by atoms with Gasteiger partial charge in [-0.1, -0.05) is 0 Å². The Morgan fingerprint density at radius 1 is 1.39 bits per heavy atom. The molecular weight excluding hydrogens is 366 g/mol. The number of rotatable bonds is 4. The van der Waals surface area contributed by atoms with Gasteiger partial charge in [-0.15, -0.1) is 0 Å². The highest BCUT2D eigenvalue weighted by Crippen LogP contribution is 2.42. The molecule has 2 fully saturated rings. The molecule has 2 aromatic rings. The van der Waals surface area contributed by atoms with Crippen LogP contribution in [0.15, 0.2) is 17.1 Å². The highest BCUT2D eigenvalue weighted by atomic mass is 16.6. The van der Waals surface area contributed by atoms with Crippen molar-refractivity contribution in [2.45, 2.75) is 31.3 Å². The zero-order valence-electron chi connectivity index (χ0n) is 14.8. The van der Waals surface area contributed by atoms with Gasteiger partial charge in [-0.3, -0.25) is 14.9 Å². The summed E-state index contributed by atoms with van der Waals surface area (Å²) in [6.45, 7) is 0.824. The van der Waals surface area contributed by atoms with Crippen molar-refractivity contribution >= 4 is 28.2 Å². The maximum Gasteiger partial charge on any atom is 0.341 e. The number of carboxylic acid groups (broad SMARTS) is 1. The molecule has 1 aliphatic carbocycles. The number of anilines is 1. The van der Waals surface area contributed by atoms with Crippen molar-refractivity contribution < 1.29 is 14.8 Å². The summed E-state index contributed by atoms with van der Waals surface area (Å²) in [4.78, 5) is 37.0. The molecule has 1 saturated carbocycles. The van der Waals surface area contributed by atoms with Crippen molar-refractivity contribution in [1.82, 2.24) is 4.57 Å². The number of carboxylic acids is 1. The van der Waals surface area contributed by atoms with Gasteiger partial charge in [-0.2, -0.15) is 5.26 Å². The standard InChI is InChI=1S/C18H17N5O5/c19-6-12-15-11(17(24)13(18(25)26)8-22(15)10-1-2-10)5-14(23(27)28)16(12)21-4-3-9(20)7-21/h5,8-10H,1-4,7,20H2,(H,25,26). The van der Waals surface area contributed by atoms with Gasteiger partial charge in [0.25, 0.3) is 5.69 Å². The molecule has 10 nitrogen and oxygen atoms in total. The Balaban J connectivity index is 2.14. The fourth-order valence-electron chi connectivity index (χ4n) is 3.85. The molecule has 4 rings (SSSR count). The predicted molar refractivity (Wildman–Crippen MR) is 99.6 cm³/mol. The third kappa shape index (κ3) is 2.68. The number of hydrogen-bond donors (Lipinski definition) is 2. The van der Waals surface area contributed by atoms with Crippen LogP contribution >= 0.6 is 0 Å². The lowest BCUT2D eigenvalue weighted by atomic mass is 10.0. The van der Waals surface area contributed by atoms with Crippen molar-refractivity contribution in [2.75, 3.05) is 18.0 Å². The van der Waals surface area contributed by atoms with Crippen LogP contribution in [0.1, 0.15) is 41.2 Å². The predicted octanol–water partition coefficient (Wildman–Crippen LogP) is 1.35. The first-order valence-corrected chi connectivity index (χ1v) is 8.87. The van der Waals surface area contributed by atoms with Crippen molar-refractivity contribution in [3.63, 3.8) is 0 Å². The summed E-state index contributed by atoms with van der Waals surface area (Å²) in [5, 5.41) is 30.9. The number of hydrogen-bond acceptors (Lipinski definition) is 7. The fraction of sp³-hybridized carbons (Fsp3) is 0.389. The molecule has 1 atom stereocenters. The maximum absolute atomic E-state index is 12.7. The lowest BCUT2D eigenvalue weighted by molar-refractivity contribution is -0.384. The van der Waals surface area contributed by atoms with E-state index in [0.29, 0.717) is 19.5 Å². The van der Waals surface area contributed by atoms with Crippen LogP contribution in [-0.4, -0.2) is 39.7 Å². The number of fused-ring (bicyclic) bond motifs is 1.